The summed E-state index contributed by atoms with van der Waals surface area (Å²) in [6.45, 7) is 3.60. The normalized spacial score (nSPS) is 10.8. The quantitative estimate of drug-likeness (QED) is 0.543. The fourth-order valence-electron chi connectivity index (χ4n) is 0.904. The van der Waals surface area contributed by atoms with Crippen LogP contribution < -0.4 is 0 Å². The highest BCUT2D eigenvalue weighted by Crippen LogP contribution is 2.08. The molecule has 1 rings (SSSR count). The minimum absolute atomic E-state index is 0.107. The molecule has 0 heterocycles. The maximum atomic E-state index is 11.1. The van der Waals surface area contributed by atoms with Crippen molar-refractivity contribution >= 4 is 17.9 Å². The Labute approximate surface area is 83.4 Å². The molecule has 3 heteroatoms. The van der Waals surface area contributed by atoms with Gasteiger partial charge in [-0.3, -0.25) is 0 Å². The Bertz CT molecular complexity index is 317. The van der Waals surface area contributed by atoms with E-state index in [-0.39, 0.29) is 6.10 Å². The molecule has 0 aliphatic rings. The van der Waals surface area contributed by atoms with E-state index in [1.807, 2.05) is 30.3 Å². The van der Waals surface area contributed by atoms with Gasteiger partial charge in [-0.1, -0.05) is 18.2 Å². The maximum absolute atomic E-state index is 11.1. The van der Waals surface area contributed by atoms with Crippen molar-refractivity contribution in [1.29, 1.82) is 0 Å². The number of carbonyl (C=O) groups is 1. The third-order valence-electron chi connectivity index (χ3n) is 1.43. The van der Waals surface area contributed by atoms with E-state index in [9.17, 15) is 4.79 Å². The number of rotatable bonds is 3. The number of para-hydroxylation sites is 1. The molecule has 0 atom stereocenters. The number of benzene rings is 1. The Balaban J connectivity index is 2.52. The highest BCUT2D eigenvalue weighted by atomic mass is 16.5. The van der Waals surface area contributed by atoms with Crippen LogP contribution in [0.25, 0.3) is 0 Å². The Hall–Kier alpha value is -1.64. The molecule has 0 radical (unpaired) electrons. The van der Waals surface area contributed by atoms with Gasteiger partial charge >= 0.3 is 5.97 Å². The van der Waals surface area contributed by atoms with E-state index in [1.165, 1.54) is 6.21 Å². The van der Waals surface area contributed by atoms with Crippen LogP contribution in [0.15, 0.2) is 35.3 Å². The molecule has 0 bridgehead atoms. The second-order valence-electron chi connectivity index (χ2n) is 3.08. The van der Waals surface area contributed by atoms with Gasteiger partial charge in [0.25, 0.3) is 0 Å². The van der Waals surface area contributed by atoms with E-state index >= 15 is 0 Å². The Kier molecular flexibility index (Phi) is 3.85. The number of hydrogen-bond acceptors (Lipinski definition) is 3. The van der Waals surface area contributed by atoms with Gasteiger partial charge in [0, 0.05) is 0 Å². The lowest BCUT2D eigenvalue weighted by Gasteiger charge is -2.03. The third-order valence-corrected chi connectivity index (χ3v) is 1.43. The zero-order chi connectivity index (χ0) is 10.4. The van der Waals surface area contributed by atoms with E-state index in [4.69, 9.17) is 4.74 Å². The van der Waals surface area contributed by atoms with E-state index in [1.54, 1.807) is 13.8 Å². The lowest BCUT2D eigenvalue weighted by atomic mass is 10.3. The first-order chi connectivity index (χ1) is 6.68. The monoisotopic (exact) mass is 191 g/mol. The van der Waals surface area contributed by atoms with Gasteiger partial charge in [0.2, 0.25) is 0 Å². The van der Waals surface area contributed by atoms with Crippen LogP contribution in [0.5, 0.6) is 0 Å². The van der Waals surface area contributed by atoms with Gasteiger partial charge < -0.3 is 4.74 Å². The summed E-state index contributed by atoms with van der Waals surface area (Å²) in [7, 11) is 0. The largest absolute Gasteiger partial charge is 0.459 e. The number of hydrogen-bond donors (Lipinski definition) is 0. The lowest BCUT2D eigenvalue weighted by Crippen LogP contribution is -2.11. The molecule has 0 unspecified atom stereocenters. The van der Waals surface area contributed by atoms with Crippen molar-refractivity contribution < 1.29 is 9.53 Å². The molecule has 3 nitrogen and oxygen atoms in total. The average molecular weight is 191 g/mol. The third kappa shape index (κ3) is 3.85. The number of nitrogens with zero attached hydrogens (tertiary/aromatic N) is 1. The van der Waals surface area contributed by atoms with Gasteiger partial charge in [0.05, 0.1) is 11.8 Å². The molecule has 0 spiro atoms. The summed E-state index contributed by atoms with van der Waals surface area (Å²) in [5, 5.41) is 0. The fraction of sp³-hybridized carbons (Fsp3) is 0.273. The second-order valence-corrected chi connectivity index (χ2v) is 3.08. The van der Waals surface area contributed by atoms with E-state index < -0.39 is 5.97 Å². The van der Waals surface area contributed by atoms with Crippen molar-refractivity contribution in [2.45, 2.75) is 20.0 Å². The fourth-order valence-corrected chi connectivity index (χ4v) is 0.904. The van der Waals surface area contributed by atoms with Crippen LogP contribution in [-0.4, -0.2) is 18.3 Å². The standard InChI is InChI=1S/C11H13NO2/c1-9(2)14-11(13)8-12-10-6-4-3-5-7-10/h3-9H,1-2H3. The van der Waals surface area contributed by atoms with Crippen molar-refractivity contribution in [3.8, 4) is 0 Å². The molecule has 0 fully saturated rings. The highest BCUT2D eigenvalue weighted by molar-refractivity contribution is 6.23. The van der Waals surface area contributed by atoms with Crippen molar-refractivity contribution in [1.82, 2.24) is 0 Å². The van der Waals surface area contributed by atoms with Crippen LogP contribution >= 0.6 is 0 Å². The molecule has 1 aromatic carbocycles. The summed E-state index contributed by atoms with van der Waals surface area (Å²) < 4.78 is 4.88. The topological polar surface area (TPSA) is 38.7 Å². The summed E-state index contributed by atoms with van der Waals surface area (Å²) in [5.74, 6) is -0.413. The molecule has 0 aromatic heterocycles. The molecular weight excluding hydrogens is 178 g/mol. The molecule has 0 saturated carbocycles. The number of aliphatic imine (C=N–C) groups is 1. The predicted molar refractivity (Wildman–Crippen MR) is 55.8 cm³/mol. The minimum Gasteiger partial charge on any atom is -0.459 e. The van der Waals surface area contributed by atoms with Crippen LogP contribution in [0.1, 0.15) is 13.8 Å². The van der Waals surface area contributed by atoms with Gasteiger partial charge in [-0.05, 0) is 26.0 Å². The number of esters is 1. The highest BCUT2D eigenvalue weighted by Gasteiger charge is 2.00. The molecule has 0 aliphatic heterocycles. The molecule has 14 heavy (non-hydrogen) atoms. The summed E-state index contributed by atoms with van der Waals surface area (Å²) in [5.41, 5.74) is 0.744. The first-order valence-electron chi connectivity index (χ1n) is 4.48. The average Bonchev–Trinajstić information content (AvgIpc) is 2.15. The first-order valence-corrected chi connectivity index (χ1v) is 4.48. The minimum atomic E-state index is -0.413. The number of carbonyl (C=O) groups excluding carboxylic acids is 1. The SMILES string of the molecule is CC(C)OC(=O)C=Nc1ccccc1. The van der Waals surface area contributed by atoms with Crippen LogP contribution in [0.4, 0.5) is 5.69 Å². The lowest BCUT2D eigenvalue weighted by molar-refractivity contribution is -0.138. The van der Waals surface area contributed by atoms with Crippen LogP contribution in [-0.2, 0) is 9.53 Å². The van der Waals surface area contributed by atoms with Crippen molar-refractivity contribution in [2.24, 2.45) is 4.99 Å². The Morgan fingerprint density at radius 1 is 1.36 bits per heavy atom. The smallest absolute Gasteiger partial charge is 0.349 e. The molecule has 0 aliphatic carbocycles. The molecule has 0 saturated heterocycles. The first kappa shape index (κ1) is 10.4. The van der Waals surface area contributed by atoms with Gasteiger partial charge in [-0.15, -0.1) is 0 Å². The van der Waals surface area contributed by atoms with Crippen molar-refractivity contribution in [3.63, 3.8) is 0 Å². The summed E-state index contributed by atoms with van der Waals surface area (Å²) in [6, 6.07) is 9.25. The van der Waals surface area contributed by atoms with Crippen molar-refractivity contribution in [3.05, 3.63) is 30.3 Å². The molecular formula is C11H13NO2. The molecule has 1 aromatic rings. The van der Waals surface area contributed by atoms with Crippen LogP contribution in [0, 0.1) is 0 Å². The molecule has 0 amide bonds. The summed E-state index contributed by atoms with van der Waals surface area (Å²) in [4.78, 5) is 15.0. The van der Waals surface area contributed by atoms with Gasteiger partial charge in [-0.2, -0.15) is 0 Å². The zero-order valence-corrected chi connectivity index (χ0v) is 8.31. The molecule has 0 N–H and O–H groups in total. The summed E-state index contributed by atoms with van der Waals surface area (Å²) in [6.07, 6.45) is 1.08. The summed E-state index contributed by atoms with van der Waals surface area (Å²) >= 11 is 0. The van der Waals surface area contributed by atoms with Gasteiger partial charge in [-0.25, -0.2) is 9.79 Å². The Morgan fingerprint density at radius 2 is 2.00 bits per heavy atom. The van der Waals surface area contributed by atoms with E-state index in [0.717, 1.165) is 5.69 Å². The van der Waals surface area contributed by atoms with E-state index in [0.29, 0.717) is 0 Å². The van der Waals surface area contributed by atoms with Gasteiger partial charge in [0.1, 0.15) is 6.21 Å². The van der Waals surface area contributed by atoms with Gasteiger partial charge in [0.15, 0.2) is 0 Å². The predicted octanol–water partition coefficient (Wildman–Crippen LogP) is 2.34. The molecule has 74 valence electrons. The van der Waals surface area contributed by atoms with Crippen LogP contribution in [0.2, 0.25) is 0 Å². The van der Waals surface area contributed by atoms with E-state index in [2.05, 4.69) is 4.99 Å². The number of ether oxygens (including phenoxy) is 1. The zero-order valence-electron chi connectivity index (χ0n) is 8.31. The second kappa shape index (κ2) is 5.17. The Morgan fingerprint density at radius 3 is 2.57 bits per heavy atom. The van der Waals surface area contributed by atoms with Crippen molar-refractivity contribution in [2.75, 3.05) is 0 Å². The van der Waals surface area contributed by atoms with Crippen LogP contribution in [0.3, 0.4) is 0 Å². The maximum Gasteiger partial charge on any atom is 0.349 e.